The zero-order chi connectivity index (χ0) is 27.2. The summed E-state index contributed by atoms with van der Waals surface area (Å²) in [4.78, 5) is 26.3. The minimum atomic E-state index is -1.04. The number of benzene rings is 2. The number of methoxy groups -OCH3 is 1. The van der Waals surface area contributed by atoms with Crippen LogP contribution in [0.1, 0.15) is 47.3 Å². The molecule has 0 radical (unpaired) electrons. The zero-order valence-corrected chi connectivity index (χ0v) is 22.2. The molecule has 2 heterocycles. The highest BCUT2D eigenvalue weighted by molar-refractivity contribution is 6.02. The van der Waals surface area contributed by atoms with E-state index in [4.69, 9.17) is 14.2 Å². The molecule has 9 nitrogen and oxygen atoms in total. The van der Waals surface area contributed by atoms with Crippen molar-refractivity contribution in [3.8, 4) is 11.5 Å². The summed E-state index contributed by atoms with van der Waals surface area (Å²) in [6, 6.07) is 9.00. The summed E-state index contributed by atoms with van der Waals surface area (Å²) in [6.45, 7) is 7.66. The summed E-state index contributed by atoms with van der Waals surface area (Å²) in [6.07, 6.45) is 4.53. The highest BCUT2D eigenvalue weighted by atomic mass is 16.5. The summed E-state index contributed by atoms with van der Waals surface area (Å²) in [5.41, 5.74) is 5.08. The van der Waals surface area contributed by atoms with Gasteiger partial charge in [0.15, 0.2) is 18.8 Å². The lowest BCUT2D eigenvalue weighted by atomic mass is 9.99. The zero-order valence-electron chi connectivity index (χ0n) is 22.2. The first-order valence-corrected chi connectivity index (χ1v) is 12.6. The maximum absolute atomic E-state index is 11.7. The van der Waals surface area contributed by atoms with E-state index in [0.717, 1.165) is 44.8 Å². The second kappa shape index (κ2) is 11.9. The van der Waals surface area contributed by atoms with E-state index < -0.39 is 5.97 Å². The molecule has 200 valence electrons. The number of carbonyl (C=O) groups is 2. The molecule has 1 amide bonds. The van der Waals surface area contributed by atoms with Gasteiger partial charge < -0.3 is 29.6 Å². The molecule has 0 saturated heterocycles. The second-order valence-electron chi connectivity index (χ2n) is 9.10. The van der Waals surface area contributed by atoms with E-state index in [0.29, 0.717) is 38.4 Å². The molecule has 0 fully saturated rings. The molecule has 0 atom stereocenters. The van der Waals surface area contributed by atoms with Crippen molar-refractivity contribution in [3.63, 3.8) is 0 Å². The molecule has 0 aliphatic carbocycles. The normalized spacial score (nSPS) is 13.3. The summed E-state index contributed by atoms with van der Waals surface area (Å²) in [5, 5.41) is 13.4. The molecule has 0 spiro atoms. The van der Waals surface area contributed by atoms with Crippen molar-refractivity contribution >= 4 is 28.5 Å². The Morgan fingerprint density at radius 3 is 2.68 bits per heavy atom. The number of amides is 1. The molecular formula is C29H34N3O6+. The first kappa shape index (κ1) is 26.8. The molecule has 38 heavy (non-hydrogen) atoms. The van der Waals surface area contributed by atoms with Gasteiger partial charge >= 0.3 is 5.97 Å². The van der Waals surface area contributed by atoms with Crippen LogP contribution in [-0.2, 0) is 16.1 Å². The van der Waals surface area contributed by atoms with E-state index in [9.17, 15) is 14.7 Å². The molecule has 9 heteroatoms. The lowest BCUT2D eigenvalue weighted by Gasteiger charge is -2.20. The van der Waals surface area contributed by atoms with E-state index in [-0.39, 0.29) is 18.1 Å². The average molecular weight is 521 g/mol. The van der Waals surface area contributed by atoms with Crippen molar-refractivity contribution in [2.24, 2.45) is 0 Å². The smallest absolute Gasteiger partial charge is 0.335 e. The highest BCUT2D eigenvalue weighted by Crippen LogP contribution is 2.33. The van der Waals surface area contributed by atoms with Gasteiger partial charge in [-0.2, -0.15) is 0 Å². The Kier molecular flexibility index (Phi) is 8.35. The first-order valence-electron chi connectivity index (χ1n) is 12.6. The summed E-state index contributed by atoms with van der Waals surface area (Å²) >= 11 is 0. The lowest BCUT2D eigenvalue weighted by Crippen LogP contribution is -2.29. The molecule has 1 aromatic heterocycles. The molecule has 4 rings (SSSR count). The molecule has 3 N–H and O–H groups in total. The number of hydrogen-bond acceptors (Lipinski definition) is 5. The third-order valence-corrected chi connectivity index (χ3v) is 6.55. The van der Waals surface area contributed by atoms with Gasteiger partial charge in [0.05, 0.1) is 43.4 Å². The number of ether oxygens (including phenoxy) is 3. The number of aromatic amines is 1. The third-order valence-electron chi connectivity index (χ3n) is 6.55. The van der Waals surface area contributed by atoms with Crippen LogP contribution in [0.5, 0.6) is 11.5 Å². The van der Waals surface area contributed by atoms with Crippen LogP contribution in [0.15, 0.2) is 48.4 Å². The second-order valence-corrected chi connectivity index (χ2v) is 9.10. The van der Waals surface area contributed by atoms with Gasteiger partial charge in [-0.25, -0.2) is 9.37 Å². The van der Waals surface area contributed by atoms with Crippen molar-refractivity contribution in [2.75, 3.05) is 33.4 Å². The van der Waals surface area contributed by atoms with Gasteiger partial charge in [-0.3, -0.25) is 4.79 Å². The molecular weight excluding hydrogens is 486 g/mol. The number of H-pyrrole nitrogens is 1. The minimum Gasteiger partial charge on any atom is -0.498 e. The van der Waals surface area contributed by atoms with Gasteiger partial charge in [-0.1, -0.05) is 0 Å². The molecule has 1 aliphatic rings. The Morgan fingerprint density at radius 1 is 1.16 bits per heavy atom. The van der Waals surface area contributed by atoms with Gasteiger partial charge in [0.25, 0.3) is 0 Å². The molecule has 3 aromatic rings. The molecule has 0 saturated carbocycles. The van der Waals surface area contributed by atoms with Gasteiger partial charge in [0, 0.05) is 30.1 Å². The Morgan fingerprint density at radius 2 is 1.97 bits per heavy atom. The lowest BCUT2D eigenvalue weighted by molar-refractivity contribution is -0.536. The van der Waals surface area contributed by atoms with Crippen LogP contribution in [0.4, 0.5) is 0 Å². The number of aryl methyl sites for hydroxylation is 1. The summed E-state index contributed by atoms with van der Waals surface area (Å²) in [5.74, 6) is 0.906. The van der Waals surface area contributed by atoms with Crippen molar-refractivity contribution in [2.45, 2.75) is 33.7 Å². The monoisotopic (exact) mass is 520 g/mol. The quantitative estimate of drug-likeness (QED) is 0.260. The van der Waals surface area contributed by atoms with Crippen molar-refractivity contribution in [3.05, 3.63) is 70.6 Å². The van der Waals surface area contributed by atoms with Crippen LogP contribution in [0, 0.1) is 6.92 Å². The predicted molar refractivity (Wildman–Crippen MR) is 144 cm³/mol. The Hall–Kier alpha value is -4.27. The van der Waals surface area contributed by atoms with Crippen LogP contribution < -0.4 is 14.8 Å². The van der Waals surface area contributed by atoms with E-state index in [2.05, 4.69) is 33.9 Å². The number of fused-ring (bicyclic) bond motifs is 1. The molecule has 0 bridgehead atoms. The van der Waals surface area contributed by atoms with Crippen LogP contribution in [0.2, 0.25) is 0 Å². The number of aromatic nitrogens is 1. The molecule has 0 unspecified atom stereocenters. The van der Waals surface area contributed by atoms with Crippen LogP contribution >= 0.6 is 0 Å². The predicted octanol–water partition coefficient (Wildman–Crippen LogP) is 4.02. The van der Waals surface area contributed by atoms with Crippen molar-refractivity contribution in [1.29, 1.82) is 0 Å². The maximum Gasteiger partial charge on any atom is 0.335 e. The summed E-state index contributed by atoms with van der Waals surface area (Å²) in [7, 11) is 1.68. The number of carbonyl (C=O) groups excluding carboxylic acids is 1. The van der Waals surface area contributed by atoms with Crippen molar-refractivity contribution in [1.82, 2.24) is 10.3 Å². The number of carboxylic acids is 1. The van der Waals surface area contributed by atoms with Crippen LogP contribution in [-0.4, -0.2) is 65.7 Å². The summed E-state index contributed by atoms with van der Waals surface area (Å²) < 4.78 is 19.9. The number of nitrogens with zero attached hydrogens (tertiary/aromatic N) is 1. The Bertz CT molecular complexity index is 1420. The number of nitrogens with one attached hydrogen (secondary N) is 2. The van der Waals surface area contributed by atoms with Gasteiger partial charge in [0.2, 0.25) is 5.91 Å². The number of carboxylic acid groups (broad SMARTS) is 1. The third kappa shape index (κ3) is 5.82. The fraction of sp³-hybridized carbons (Fsp3) is 0.345. The topological polar surface area (TPSA) is 113 Å². The van der Waals surface area contributed by atoms with Gasteiger partial charge in [-0.15, -0.1) is 0 Å². The van der Waals surface area contributed by atoms with Gasteiger partial charge in [0.1, 0.15) is 23.9 Å². The van der Waals surface area contributed by atoms with E-state index in [1.165, 1.54) is 13.0 Å². The maximum atomic E-state index is 11.7. The van der Waals surface area contributed by atoms with Crippen LogP contribution in [0.25, 0.3) is 10.9 Å². The molecule has 2 aromatic carbocycles. The van der Waals surface area contributed by atoms with E-state index >= 15 is 0 Å². The van der Waals surface area contributed by atoms with Crippen LogP contribution in [0.3, 0.4) is 0 Å². The number of allylic oxidation sites excluding steroid dienone is 1. The minimum absolute atomic E-state index is 0.126. The molecule has 1 aliphatic heterocycles. The van der Waals surface area contributed by atoms with Gasteiger partial charge in [-0.05, 0) is 49.7 Å². The fourth-order valence-corrected chi connectivity index (χ4v) is 4.77. The number of hydrogen-bond donors (Lipinski definition) is 3. The van der Waals surface area contributed by atoms with E-state index in [1.807, 2.05) is 19.2 Å². The first-order chi connectivity index (χ1) is 18.3. The fourth-order valence-electron chi connectivity index (χ4n) is 4.77. The number of aromatic carboxylic acids is 1. The average Bonchev–Trinajstić information content (AvgIpc) is 3.39. The Labute approximate surface area is 221 Å². The standard InChI is InChI=1S/C29H33N3O6/c1-5-37-21-9-12-32(17-24-22-8-10-31-28(22)18(2)14-26(24)36-4)25(16-21)23-7-6-20(29(34)35)15-27(23)38-13-11-30-19(3)33/h6-10,14-15,31H,5,11-13,16-17H2,1-4H3,(H-,30,33,34,35)/p+1. The largest absolute Gasteiger partial charge is 0.498 e. The van der Waals surface area contributed by atoms with Crippen molar-refractivity contribution < 1.29 is 33.5 Å². The highest BCUT2D eigenvalue weighted by Gasteiger charge is 2.29. The Balaban J connectivity index is 1.80. The van der Waals surface area contributed by atoms with E-state index in [1.54, 1.807) is 19.2 Å². The SMILES string of the molecule is CCOC1=CC[N+](Cc2c(OC)cc(C)c3[nH]ccc23)=C(c2ccc(C(=O)O)cc2OCCNC(C)=O)C1. The number of rotatable bonds is 11.